The first kappa shape index (κ1) is 15.5. The lowest BCUT2D eigenvalue weighted by Gasteiger charge is -2.10. The molecule has 0 aromatic heterocycles. The number of nitriles is 1. The Morgan fingerprint density at radius 2 is 1.84 bits per heavy atom. The molecule has 1 aromatic carbocycles. The van der Waals surface area contributed by atoms with E-state index in [0.29, 0.717) is 21.5 Å². The molecule has 0 fully saturated rings. The van der Waals surface area contributed by atoms with E-state index in [-0.39, 0.29) is 4.91 Å². The van der Waals surface area contributed by atoms with Crippen molar-refractivity contribution in [2.24, 2.45) is 0 Å². The fourth-order valence-corrected chi connectivity index (χ4v) is 2.29. The summed E-state index contributed by atoms with van der Waals surface area (Å²) >= 11 is 3.29. The first-order valence-electron chi connectivity index (χ1n) is 5.07. The van der Waals surface area contributed by atoms with Gasteiger partial charge >= 0.3 is 0 Å². The molecule has 0 heterocycles. The molecule has 7 heteroatoms. The number of hydrogen-bond donors (Lipinski definition) is 0. The van der Waals surface area contributed by atoms with Gasteiger partial charge in [-0.25, -0.2) is 8.42 Å². The average Bonchev–Trinajstić information content (AvgIpc) is 2.35. The van der Waals surface area contributed by atoms with Crippen molar-refractivity contribution in [3.8, 4) is 17.6 Å². The van der Waals surface area contributed by atoms with E-state index in [2.05, 4.69) is 15.9 Å². The molecular formula is C12H12BrNO4S. The van der Waals surface area contributed by atoms with Gasteiger partial charge in [0.05, 0.1) is 14.2 Å². The van der Waals surface area contributed by atoms with Crippen molar-refractivity contribution in [3.63, 3.8) is 0 Å². The molecule has 0 unspecified atom stereocenters. The fourth-order valence-electron chi connectivity index (χ4n) is 1.34. The van der Waals surface area contributed by atoms with Crippen LogP contribution in [0, 0.1) is 11.3 Å². The molecule has 1 rings (SSSR count). The number of rotatable bonds is 4. The summed E-state index contributed by atoms with van der Waals surface area (Å²) in [5, 5.41) is 8.87. The fraction of sp³-hybridized carbons (Fsp3) is 0.250. The quantitative estimate of drug-likeness (QED) is 0.783. The highest BCUT2D eigenvalue weighted by Gasteiger charge is 2.13. The Morgan fingerprint density at radius 1 is 1.32 bits per heavy atom. The van der Waals surface area contributed by atoms with Crippen molar-refractivity contribution >= 4 is 31.8 Å². The minimum atomic E-state index is -3.56. The van der Waals surface area contributed by atoms with Gasteiger partial charge in [-0.15, -0.1) is 0 Å². The van der Waals surface area contributed by atoms with Gasteiger partial charge in [0.25, 0.3) is 0 Å². The van der Waals surface area contributed by atoms with Gasteiger partial charge in [-0.05, 0) is 23.8 Å². The van der Waals surface area contributed by atoms with E-state index in [1.54, 1.807) is 18.2 Å². The first-order chi connectivity index (χ1) is 8.83. The van der Waals surface area contributed by atoms with Gasteiger partial charge in [0, 0.05) is 10.7 Å². The van der Waals surface area contributed by atoms with Crippen LogP contribution < -0.4 is 9.47 Å². The van der Waals surface area contributed by atoms with E-state index in [9.17, 15) is 8.42 Å². The van der Waals surface area contributed by atoms with Crippen LogP contribution in [0.25, 0.3) is 6.08 Å². The second kappa shape index (κ2) is 6.08. The third kappa shape index (κ3) is 3.72. The van der Waals surface area contributed by atoms with Crippen LogP contribution in [0.4, 0.5) is 0 Å². The summed E-state index contributed by atoms with van der Waals surface area (Å²) in [6.07, 6.45) is 2.26. The highest BCUT2D eigenvalue weighted by atomic mass is 79.9. The first-order valence-corrected chi connectivity index (χ1v) is 7.75. The summed E-state index contributed by atoms with van der Waals surface area (Å²) in [7, 11) is -0.588. The van der Waals surface area contributed by atoms with Gasteiger partial charge in [-0.3, -0.25) is 0 Å². The zero-order chi connectivity index (χ0) is 14.6. The molecule has 0 saturated heterocycles. The van der Waals surface area contributed by atoms with Gasteiger partial charge in [0.15, 0.2) is 21.3 Å². The Labute approximate surface area is 120 Å². The van der Waals surface area contributed by atoms with Crippen LogP contribution in [0.3, 0.4) is 0 Å². The molecule has 0 spiro atoms. The number of benzene rings is 1. The normalized spacial score (nSPS) is 11.8. The molecule has 0 N–H and O–H groups in total. The molecule has 0 aliphatic carbocycles. The SMILES string of the molecule is COc1cc(Br)c(C=C(C#N)S(C)(=O)=O)cc1OC. The Morgan fingerprint density at radius 3 is 2.26 bits per heavy atom. The van der Waals surface area contributed by atoms with E-state index < -0.39 is 9.84 Å². The molecule has 102 valence electrons. The Kier molecular flexibility index (Phi) is 4.97. The van der Waals surface area contributed by atoms with Gasteiger partial charge in [-0.2, -0.15) is 5.26 Å². The van der Waals surface area contributed by atoms with Crippen LogP contribution >= 0.6 is 15.9 Å². The highest BCUT2D eigenvalue weighted by molar-refractivity contribution is 9.10. The van der Waals surface area contributed by atoms with Crippen molar-refractivity contribution in [1.29, 1.82) is 5.26 Å². The largest absolute Gasteiger partial charge is 0.493 e. The number of halogens is 1. The van der Waals surface area contributed by atoms with Crippen molar-refractivity contribution in [2.45, 2.75) is 0 Å². The third-order valence-corrected chi connectivity index (χ3v) is 3.99. The van der Waals surface area contributed by atoms with Crippen LogP contribution in [-0.2, 0) is 9.84 Å². The van der Waals surface area contributed by atoms with E-state index in [4.69, 9.17) is 14.7 Å². The molecule has 0 bridgehead atoms. The molecule has 1 aromatic rings. The van der Waals surface area contributed by atoms with Gasteiger partial charge in [0.1, 0.15) is 11.0 Å². The molecular weight excluding hydrogens is 334 g/mol. The van der Waals surface area contributed by atoms with E-state index in [1.165, 1.54) is 20.3 Å². The van der Waals surface area contributed by atoms with Crippen molar-refractivity contribution in [2.75, 3.05) is 20.5 Å². The topological polar surface area (TPSA) is 76.4 Å². The van der Waals surface area contributed by atoms with Crippen molar-refractivity contribution < 1.29 is 17.9 Å². The van der Waals surface area contributed by atoms with Crippen LogP contribution in [0.5, 0.6) is 11.5 Å². The lowest BCUT2D eigenvalue weighted by atomic mass is 10.2. The number of sulfone groups is 1. The van der Waals surface area contributed by atoms with Crippen LogP contribution in [0.15, 0.2) is 21.5 Å². The Balaban J connectivity index is 3.45. The summed E-state index contributed by atoms with van der Waals surface area (Å²) in [6, 6.07) is 4.89. The third-order valence-electron chi connectivity index (χ3n) is 2.30. The predicted molar refractivity (Wildman–Crippen MR) is 75.7 cm³/mol. The second-order valence-electron chi connectivity index (χ2n) is 3.62. The number of nitrogens with zero attached hydrogens (tertiary/aromatic N) is 1. The highest BCUT2D eigenvalue weighted by Crippen LogP contribution is 2.34. The van der Waals surface area contributed by atoms with Crippen molar-refractivity contribution in [1.82, 2.24) is 0 Å². The standard InChI is InChI=1S/C12H12BrNO4S/c1-17-11-5-8(10(13)6-12(11)18-2)4-9(7-14)19(3,15)16/h4-6H,1-3H3. The maximum Gasteiger partial charge on any atom is 0.185 e. The molecule has 0 aliphatic rings. The lowest BCUT2D eigenvalue weighted by molar-refractivity contribution is 0.354. The lowest BCUT2D eigenvalue weighted by Crippen LogP contribution is -1.99. The molecule has 0 saturated carbocycles. The van der Waals surface area contributed by atoms with Crippen LogP contribution in [-0.4, -0.2) is 28.9 Å². The van der Waals surface area contributed by atoms with Crippen molar-refractivity contribution in [3.05, 3.63) is 27.1 Å². The average molecular weight is 346 g/mol. The smallest absolute Gasteiger partial charge is 0.185 e. The maximum atomic E-state index is 11.4. The number of allylic oxidation sites excluding steroid dienone is 1. The van der Waals surface area contributed by atoms with Gasteiger partial charge in [0.2, 0.25) is 0 Å². The molecule has 0 aliphatic heterocycles. The molecule has 5 nitrogen and oxygen atoms in total. The molecule has 0 atom stereocenters. The molecule has 0 radical (unpaired) electrons. The summed E-state index contributed by atoms with van der Waals surface area (Å²) in [5.74, 6) is 0.951. The van der Waals surface area contributed by atoms with Gasteiger partial charge < -0.3 is 9.47 Å². The maximum absolute atomic E-state index is 11.4. The van der Waals surface area contributed by atoms with E-state index in [0.717, 1.165) is 6.26 Å². The Hall–Kier alpha value is -1.52. The minimum Gasteiger partial charge on any atom is -0.493 e. The zero-order valence-electron chi connectivity index (χ0n) is 10.6. The number of hydrogen-bond acceptors (Lipinski definition) is 5. The predicted octanol–water partition coefficient (Wildman–Crippen LogP) is 2.38. The summed E-state index contributed by atoms with van der Waals surface area (Å²) in [6.45, 7) is 0. The summed E-state index contributed by atoms with van der Waals surface area (Å²) in [5.41, 5.74) is 0.514. The second-order valence-corrected chi connectivity index (χ2v) is 6.46. The van der Waals surface area contributed by atoms with Gasteiger partial charge in [-0.1, -0.05) is 15.9 Å². The van der Waals surface area contributed by atoms with E-state index >= 15 is 0 Å². The molecule has 19 heavy (non-hydrogen) atoms. The summed E-state index contributed by atoms with van der Waals surface area (Å²) in [4.78, 5) is -0.319. The van der Waals surface area contributed by atoms with Crippen LogP contribution in [0.2, 0.25) is 0 Å². The van der Waals surface area contributed by atoms with Crippen LogP contribution in [0.1, 0.15) is 5.56 Å². The van der Waals surface area contributed by atoms with E-state index in [1.807, 2.05) is 0 Å². The monoisotopic (exact) mass is 345 g/mol. The number of ether oxygens (including phenoxy) is 2. The molecule has 0 amide bonds. The number of methoxy groups -OCH3 is 2. The summed E-state index contributed by atoms with van der Waals surface area (Å²) < 4.78 is 33.6. The zero-order valence-corrected chi connectivity index (χ0v) is 13.0. The minimum absolute atomic E-state index is 0.319. The Bertz CT molecular complexity index is 659.